The second kappa shape index (κ2) is 7.92. The van der Waals surface area contributed by atoms with E-state index in [4.69, 9.17) is 9.47 Å². The van der Waals surface area contributed by atoms with Gasteiger partial charge in [-0.2, -0.15) is 0 Å². The van der Waals surface area contributed by atoms with Crippen LogP contribution >= 0.6 is 0 Å². The molecule has 0 bridgehead atoms. The number of hydrogen-bond donors (Lipinski definition) is 1. The molecule has 0 spiro atoms. The molecule has 0 radical (unpaired) electrons. The molecular weight excluding hydrogens is 356 g/mol. The van der Waals surface area contributed by atoms with Crippen LogP contribution in [0.15, 0.2) is 42.5 Å². The van der Waals surface area contributed by atoms with Crippen LogP contribution in [-0.2, 0) is 16.0 Å². The number of benzene rings is 2. The number of anilines is 2. The Morgan fingerprint density at radius 2 is 1.93 bits per heavy atom. The van der Waals surface area contributed by atoms with Gasteiger partial charge in [0.15, 0.2) is 0 Å². The molecule has 1 aliphatic rings. The second-order valence-electron chi connectivity index (χ2n) is 7.52. The number of ether oxygens (including phenoxy) is 2. The third-order valence-electron chi connectivity index (χ3n) is 4.68. The number of carbonyl (C=O) groups is 2. The summed E-state index contributed by atoms with van der Waals surface area (Å²) in [5, 5.41) is 2.89. The molecule has 28 heavy (non-hydrogen) atoms. The number of hydrogen-bond acceptors (Lipinski definition) is 4. The van der Waals surface area contributed by atoms with E-state index < -0.39 is 5.41 Å². The van der Waals surface area contributed by atoms with Crippen molar-refractivity contribution in [1.29, 1.82) is 0 Å². The van der Waals surface area contributed by atoms with Gasteiger partial charge in [-0.05, 0) is 56.7 Å². The van der Waals surface area contributed by atoms with Crippen LogP contribution in [0.1, 0.15) is 26.3 Å². The lowest BCUT2D eigenvalue weighted by atomic mass is 9.93. The number of nitrogens with one attached hydrogen (secondary N) is 1. The molecule has 0 unspecified atom stereocenters. The number of nitrogens with zero attached hydrogens (tertiary/aromatic N) is 1. The summed E-state index contributed by atoms with van der Waals surface area (Å²) in [6.07, 6.45) is 0.252. The first kappa shape index (κ1) is 19.7. The smallest absolute Gasteiger partial charge is 0.235 e. The summed E-state index contributed by atoms with van der Waals surface area (Å²) in [6, 6.07) is 12.8. The summed E-state index contributed by atoms with van der Waals surface area (Å²) in [4.78, 5) is 26.6. The maximum atomic E-state index is 12.6. The highest BCUT2D eigenvalue weighted by molar-refractivity contribution is 6.00. The van der Waals surface area contributed by atoms with Crippen molar-refractivity contribution in [1.82, 2.24) is 0 Å². The molecule has 1 N–H and O–H groups in total. The predicted octanol–water partition coefficient (Wildman–Crippen LogP) is 3.65. The van der Waals surface area contributed by atoms with Gasteiger partial charge in [-0.1, -0.05) is 12.1 Å². The molecule has 6 heteroatoms. The fraction of sp³-hybridized carbons (Fsp3) is 0.364. The summed E-state index contributed by atoms with van der Waals surface area (Å²) in [5.74, 6) is 1.26. The topological polar surface area (TPSA) is 67.9 Å². The molecule has 2 amide bonds. The Kier molecular flexibility index (Phi) is 5.58. The van der Waals surface area contributed by atoms with Crippen LogP contribution in [0.25, 0.3) is 0 Å². The predicted molar refractivity (Wildman–Crippen MR) is 109 cm³/mol. The van der Waals surface area contributed by atoms with Gasteiger partial charge in [0.1, 0.15) is 18.1 Å². The lowest BCUT2D eigenvalue weighted by molar-refractivity contribution is -0.127. The molecule has 2 aromatic carbocycles. The zero-order valence-corrected chi connectivity index (χ0v) is 16.7. The zero-order chi connectivity index (χ0) is 20.3. The van der Waals surface area contributed by atoms with Crippen molar-refractivity contribution in [2.75, 3.05) is 30.5 Å². The molecule has 6 nitrogen and oxygen atoms in total. The van der Waals surface area contributed by atoms with Crippen molar-refractivity contribution in [3.05, 3.63) is 48.0 Å². The second-order valence-corrected chi connectivity index (χ2v) is 7.52. The van der Waals surface area contributed by atoms with Gasteiger partial charge >= 0.3 is 0 Å². The Hall–Kier alpha value is -3.02. The van der Waals surface area contributed by atoms with Crippen LogP contribution in [-0.4, -0.2) is 32.1 Å². The van der Waals surface area contributed by atoms with Gasteiger partial charge in [0, 0.05) is 12.7 Å². The Morgan fingerprint density at radius 3 is 2.61 bits per heavy atom. The van der Waals surface area contributed by atoms with Gasteiger partial charge in [0.05, 0.1) is 24.1 Å². The molecule has 0 saturated heterocycles. The Bertz CT molecular complexity index is 875. The monoisotopic (exact) mass is 382 g/mol. The van der Waals surface area contributed by atoms with E-state index in [1.54, 1.807) is 30.1 Å². The van der Waals surface area contributed by atoms with Gasteiger partial charge in [-0.25, -0.2) is 0 Å². The first-order chi connectivity index (χ1) is 13.3. The van der Waals surface area contributed by atoms with Crippen molar-refractivity contribution in [2.45, 2.75) is 27.2 Å². The van der Waals surface area contributed by atoms with Crippen molar-refractivity contribution in [3.8, 4) is 11.5 Å². The lowest BCUT2D eigenvalue weighted by Crippen LogP contribution is -2.39. The minimum Gasteiger partial charge on any atom is -0.494 e. The SMILES string of the molecule is CCOc1ccc(CC(=O)Nc2ccc3c(c2)N(C)C(=O)C(C)(C)CO3)cc1. The minimum atomic E-state index is -0.606. The zero-order valence-electron chi connectivity index (χ0n) is 16.7. The number of rotatable bonds is 5. The molecule has 0 atom stereocenters. The molecule has 1 aliphatic heterocycles. The standard InChI is InChI=1S/C22H26N2O4/c1-5-27-17-9-6-15(7-10-17)12-20(25)23-16-8-11-19-18(13-16)24(4)21(26)22(2,3)14-28-19/h6-11,13H,5,12,14H2,1-4H3,(H,23,25). The molecule has 148 valence electrons. The van der Waals surface area contributed by atoms with Gasteiger partial charge < -0.3 is 19.7 Å². The molecule has 0 aromatic heterocycles. The largest absolute Gasteiger partial charge is 0.494 e. The highest BCUT2D eigenvalue weighted by Gasteiger charge is 2.36. The van der Waals surface area contributed by atoms with Crippen molar-refractivity contribution < 1.29 is 19.1 Å². The normalized spacial score (nSPS) is 15.3. The summed E-state index contributed by atoms with van der Waals surface area (Å²) in [7, 11) is 1.73. The number of amides is 2. The third kappa shape index (κ3) is 4.27. The summed E-state index contributed by atoms with van der Waals surface area (Å²) in [5.41, 5.74) is 1.56. The van der Waals surface area contributed by atoms with Crippen molar-refractivity contribution in [2.24, 2.45) is 5.41 Å². The van der Waals surface area contributed by atoms with Crippen LogP contribution in [0, 0.1) is 5.41 Å². The number of carbonyl (C=O) groups excluding carboxylic acids is 2. The van der Waals surface area contributed by atoms with Gasteiger partial charge in [-0.3, -0.25) is 9.59 Å². The van der Waals surface area contributed by atoms with E-state index in [9.17, 15) is 9.59 Å². The van der Waals surface area contributed by atoms with Gasteiger partial charge in [0.25, 0.3) is 0 Å². The van der Waals surface area contributed by atoms with Crippen molar-refractivity contribution in [3.63, 3.8) is 0 Å². The minimum absolute atomic E-state index is 0.0240. The summed E-state index contributed by atoms with van der Waals surface area (Å²) < 4.78 is 11.2. The van der Waals surface area contributed by atoms with Crippen LogP contribution in [0.4, 0.5) is 11.4 Å². The average molecular weight is 382 g/mol. The van der Waals surface area contributed by atoms with E-state index in [1.807, 2.05) is 45.0 Å². The quantitative estimate of drug-likeness (QED) is 0.857. The van der Waals surface area contributed by atoms with Crippen LogP contribution in [0.3, 0.4) is 0 Å². The molecular formula is C22H26N2O4. The number of fused-ring (bicyclic) bond motifs is 1. The fourth-order valence-electron chi connectivity index (χ4n) is 3.12. The van der Waals surface area contributed by atoms with Crippen LogP contribution in [0.2, 0.25) is 0 Å². The van der Waals surface area contributed by atoms with E-state index in [0.29, 0.717) is 30.3 Å². The first-order valence-electron chi connectivity index (χ1n) is 9.37. The van der Waals surface area contributed by atoms with Gasteiger partial charge in [0.2, 0.25) is 11.8 Å². The van der Waals surface area contributed by atoms with E-state index in [2.05, 4.69) is 5.32 Å². The molecule has 1 heterocycles. The average Bonchev–Trinajstić information content (AvgIpc) is 2.74. The maximum absolute atomic E-state index is 12.6. The Balaban J connectivity index is 1.71. The van der Waals surface area contributed by atoms with Crippen LogP contribution < -0.4 is 19.7 Å². The van der Waals surface area contributed by atoms with Gasteiger partial charge in [-0.15, -0.1) is 0 Å². The molecule has 2 aromatic rings. The molecule has 0 fully saturated rings. The molecule has 3 rings (SSSR count). The molecule has 0 aliphatic carbocycles. The highest BCUT2D eigenvalue weighted by Crippen LogP contribution is 2.37. The Labute approximate surface area is 165 Å². The maximum Gasteiger partial charge on any atom is 0.235 e. The van der Waals surface area contributed by atoms with E-state index in [0.717, 1.165) is 11.3 Å². The fourth-order valence-corrected chi connectivity index (χ4v) is 3.12. The highest BCUT2D eigenvalue weighted by atomic mass is 16.5. The van der Waals surface area contributed by atoms with E-state index in [1.165, 1.54) is 0 Å². The van der Waals surface area contributed by atoms with E-state index in [-0.39, 0.29) is 18.2 Å². The first-order valence-corrected chi connectivity index (χ1v) is 9.37. The molecule has 0 saturated carbocycles. The van der Waals surface area contributed by atoms with E-state index >= 15 is 0 Å². The third-order valence-corrected chi connectivity index (χ3v) is 4.68. The summed E-state index contributed by atoms with van der Waals surface area (Å²) in [6.45, 7) is 6.57. The Morgan fingerprint density at radius 1 is 1.21 bits per heavy atom. The summed E-state index contributed by atoms with van der Waals surface area (Å²) >= 11 is 0. The van der Waals surface area contributed by atoms with Crippen molar-refractivity contribution >= 4 is 23.2 Å². The lowest BCUT2D eigenvalue weighted by Gasteiger charge is -2.24. The van der Waals surface area contributed by atoms with Crippen LogP contribution in [0.5, 0.6) is 11.5 Å².